The molecule has 3 N–H and O–H groups in total. The van der Waals surface area contributed by atoms with Gasteiger partial charge in [-0.3, -0.25) is 14.5 Å². The summed E-state index contributed by atoms with van der Waals surface area (Å²) in [7, 11) is 1.57. The van der Waals surface area contributed by atoms with E-state index in [0.717, 1.165) is 11.1 Å². The lowest BCUT2D eigenvalue weighted by atomic mass is 9.82. The molecular formula is C21H22N2O6. The third-order valence-corrected chi connectivity index (χ3v) is 5.52. The van der Waals surface area contributed by atoms with Crippen molar-refractivity contribution in [2.24, 2.45) is 11.7 Å². The second kappa shape index (κ2) is 7.63. The average Bonchev–Trinajstić information content (AvgIpc) is 3.31. The molecule has 1 fully saturated rings. The number of hydrogen-bond acceptors (Lipinski definition) is 6. The normalized spacial score (nSPS) is 23.1. The smallest absolute Gasteiger partial charge is 0.309 e. The molecule has 3 atom stereocenters. The topological polar surface area (TPSA) is 111 Å². The molecule has 0 aromatic heterocycles. The molecule has 2 aliphatic heterocycles. The Morgan fingerprint density at radius 1 is 1.14 bits per heavy atom. The highest BCUT2D eigenvalue weighted by atomic mass is 16.7. The van der Waals surface area contributed by atoms with E-state index in [2.05, 4.69) is 0 Å². The van der Waals surface area contributed by atoms with Crippen LogP contribution in [0.1, 0.15) is 23.1 Å². The van der Waals surface area contributed by atoms with Crippen molar-refractivity contribution in [2.45, 2.75) is 12.0 Å². The summed E-state index contributed by atoms with van der Waals surface area (Å²) in [6, 6.07) is 12.2. The Balaban J connectivity index is 1.74. The van der Waals surface area contributed by atoms with Crippen LogP contribution >= 0.6 is 0 Å². The Bertz CT molecular complexity index is 929. The van der Waals surface area contributed by atoms with Gasteiger partial charge in [-0.05, 0) is 35.4 Å². The Kier molecular flexibility index (Phi) is 5.02. The van der Waals surface area contributed by atoms with Crippen LogP contribution in [0.25, 0.3) is 0 Å². The maximum absolute atomic E-state index is 12.3. The molecule has 1 amide bonds. The first kappa shape index (κ1) is 19.1. The van der Waals surface area contributed by atoms with Gasteiger partial charge in [0.05, 0.1) is 19.6 Å². The number of amides is 1. The first-order valence-electron chi connectivity index (χ1n) is 9.26. The molecule has 0 aliphatic carbocycles. The number of ether oxygens (including phenoxy) is 3. The molecule has 0 spiro atoms. The SMILES string of the molecule is COc1ccc([C@@H]2[C@@H](C(=O)O)[C@@H](c3ccc4c(c3)OCO4)CN2CC(N)=O)cc1. The number of nitrogens with two attached hydrogens (primary N) is 1. The minimum absolute atomic E-state index is 0.0263. The predicted octanol–water partition coefficient (Wildman–Crippen LogP) is 1.75. The predicted molar refractivity (Wildman–Crippen MR) is 103 cm³/mol. The van der Waals surface area contributed by atoms with Crippen molar-refractivity contribution >= 4 is 11.9 Å². The van der Waals surface area contributed by atoms with Gasteiger partial charge in [0.1, 0.15) is 5.75 Å². The number of rotatable bonds is 6. The van der Waals surface area contributed by atoms with Crippen LogP contribution in [-0.4, -0.2) is 48.9 Å². The summed E-state index contributed by atoms with van der Waals surface area (Å²) in [5.74, 6) is -0.622. The van der Waals surface area contributed by atoms with Gasteiger partial charge in [0, 0.05) is 18.5 Å². The molecule has 0 unspecified atom stereocenters. The van der Waals surface area contributed by atoms with Crippen LogP contribution in [0, 0.1) is 5.92 Å². The number of fused-ring (bicyclic) bond motifs is 1. The summed E-state index contributed by atoms with van der Waals surface area (Å²) >= 11 is 0. The van der Waals surface area contributed by atoms with Crippen molar-refractivity contribution in [3.8, 4) is 17.2 Å². The quantitative estimate of drug-likeness (QED) is 0.762. The molecule has 8 heteroatoms. The fourth-order valence-electron chi connectivity index (χ4n) is 4.27. The number of carbonyl (C=O) groups excluding carboxylic acids is 1. The lowest BCUT2D eigenvalue weighted by molar-refractivity contribution is -0.143. The van der Waals surface area contributed by atoms with E-state index >= 15 is 0 Å². The Labute approximate surface area is 167 Å². The third kappa shape index (κ3) is 3.58. The lowest BCUT2D eigenvalue weighted by Gasteiger charge is -2.26. The average molecular weight is 398 g/mol. The molecule has 4 rings (SSSR count). The minimum atomic E-state index is -0.930. The van der Waals surface area contributed by atoms with Crippen molar-refractivity contribution in [2.75, 3.05) is 27.0 Å². The summed E-state index contributed by atoms with van der Waals surface area (Å²) in [6.07, 6.45) is 0. The molecule has 152 valence electrons. The summed E-state index contributed by atoms with van der Waals surface area (Å²) < 4.78 is 16.0. The van der Waals surface area contributed by atoms with Crippen LogP contribution in [0.2, 0.25) is 0 Å². The highest BCUT2D eigenvalue weighted by molar-refractivity contribution is 5.77. The second-order valence-corrected chi connectivity index (χ2v) is 7.20. The number of aliphatic carboxylic acids is 1. The van der Waals surface area contributed by atoms with E-state index in [1.54, 1.807) is 25.3 Å². The number of hydrogen-bond donors (Lipinski definition) is 2. The van der Waals surface area contributed by atoms with Gasteiger partial charge in [0.2, 0.25) is 12.7 Å². The molecule has 0 bridgehead atoms. The number of carboxylic acid groups (broad SMARTS) is 1. The van der Waals surface area contributed by atoms with Crippen molar-refractivity contribution in [3.05, 3.63) is 53.6 Å². The van der Waals surface area contributed by atoms with E-state index < -0.39 is 23.8 Å². The van der Waals surface area contributed by atoms with Crippen LogP contribution < -0.4 is 19.9 Å². The molecule has 2 heterocycles. The van der Waals surface area contributed by atoms with E-state index in [-0.39, 0.29) is 19.3 Å². The maximum atomic E-state index is 12.3. The van der Waals surface area contributed by atoms with Gasteiger partial charge in [-0.1, -0.05) is 18.2 Å². The molecule has 2 aliphatic rings. The van der Waals surface area contributed by atoms with Crippen LogP contribution in [0.4, 0.5) is 0 Å². The molecule has 2 aromatic carbocycles. The van der Waals surface area contributed by atoms with E-state index in [1.165, 1.54) is 0 Å². The number of carboxylic acids is 1. The van der Waals surface area contributed by atoms with Gasteiger partial charge < -0.3 is 25.1 Å². The monoisotopic (exact) mass is 398 g/mol. The van der Waals surface area contributed by atoms with Crippen LogP contribution in [0.15, 0.2) is 42.5 Å². The van der Waals surface area contributed by atoms with E-state index in [9.17, 15) is 14.7 Å². The fourth-order valence-corrected chi connectivity index (χ4v) is 4.27. The Morgan fingerprint density at radius 3 is 2.48 bits per heavy atom. The van der Waals surface area contributed by atoms with Gasteiger partial charge in [-0.25, -0.2) is 0 Å². The fraction of sp³-hybridized carbons (Fsp3) is 0.333. The third-order valence-electron chi connectivity index (χ3n) is 5.52. The summed E-state index contributed by atoms with van der Waals surface area (Å²) in [5.41, 5.74) is 7.07. The van der Waals surface area contributed by atoms with Gasteiger partial charge in [0.25, 0.3) is 0 Å². The summed E-state index contributed by atoms with van der Waals surface area (Å²) in [4.78, 5) is 25.8. The van der Waals surface area contributed by atoms with Crippen molar-refractivity contribution in [1.82, 2.24) is 4.90 Å². The first-order valence-corrected chi connectivity index (χ1v) is 9.26. The molecule has 2 aromatic rings. The van der Waals surface area contributed by atoms with Crippen molar-refractivity contribution in [1.29, 1.82) is 0 Å². The van der Waals surface area contributed by atoms with Crippen LogP contribution in [0.3, 0.4) is 0 Å². The number of carbonyl (C=O) groups is 2. The highest BCUT2D eigenvalue weighted by Gasteiger charge is 2.47. The van der Waals surface area contributed by atoms with Gasteiger partial charge in [-0.15, -0.1) is 0 Å². The lowest BCUT2D eigenvalue weighted by Crippen LogP contribution is -2.35. The molecule has 1 saturated heterocycles. The zero-order chi connectivity index (χ0) is 20.5. The summed E-state index contributed by atoms with van der Waals surface area (Å²) in [5, 5.41) is 10.1. The zero-order valence-electron chi connectivity index (χ0n) is 15.9. The molecular weight excluding hydrogens is 376 g/mol. The van der Waals surface area contributed by atoms with Gasteiger partial charge in [0.15, 0.2) is 11.5 Å². The van der Waals surface area contributed by atoms with Crippen LogP contribution in [-0.2, 0) is 9.59 Å². The maximum Gasteiger partial charge on any atom is 0.309 e. The largest absolute Gasteiger partial charge is 0.497 e. The molecule has 8 nitrogen and oxygen atoms in total. The number of nitrogens with zero attached hydrogens (tertiary/aromatic N) is 1. The van der Waals surface area contributed by atoms with E-state index in [0.29, 0.717) is 23.8 Å². The number of methoxy groups -OCH3 is 1. The van der Waals surface area contributed by atoms with E-state index in [1.807, 2.05) is 29.2 Å². The van der Waals surface area contributed by atoms with Crippen molar-refractivity contribution in [3.63, 3.8) is 0 Å². The highest BCUT2D eigenvalue weighted by Crippen LogP contribution is 2.47. The molecule has 0 radical (unpaired) electrons. The molecule has 0 saturated carbocycles. The first-order chi connectivity index (χ1) is 14.0. The number of likely N-dealkylation sites (tertiary alicyclic amines) is 1. The van der Waals surface area contributed by atoms with Gasteiger partial charge in [-0.2, -0.15) is 0 Å². The van der Waals surface area contributed by atoms with Crippen LogP contribution in [0.5, 0.6) is 17.2 Å². The minimum Gasteiger partial charge on any atom is -0.497 e. The van der Waals surface area contributed by atoms with Gasteiger partial charge >= 0.3 is 5.97 Å². The summed E-state index contributed by atoms with van der Waals surface area (Å²) in [6.45, 7) is 0.506. The Hall–Kier alpha value is -3.26. The standard InChI is InChI=1S/C21H22N2O6/c1-27-14-5-2-12(3-6-14)20-19(21(25)26)15(9-23(20)10-18(22)24)13-4-7-16-17(8-13)29-11-28-16/h2-8,15,19-20H,9-11H2,1H3,(H2,22,24)(H,25,26)/t15-,19+,20-/m1/s1. The molecule has 29 heavy (non-hydrogen) atoms. The zero-order valence-corrected chi connectivity index (χ0v) is 15.9. The number of primary amides is 1. The Morgan fingerprint density at radius 2 is 1.83 bits per heavy atom. The second-order valence-electron chi connectivity index (χ2n) is 7.20. The number of benzene rings is 2. The van der Waals surface area contributed by atoms with Crippen molar-refractivity contribution < 1.29 is 28.9 Å². The van der Waals surface area contributed by atoms with E-state index in [4.69, 9.17) is 19.9 Å².